The number of amides is 1. The van der Waals surface area contributed by atoms with Crippen LogP contribution in [0.1, 0.15) is 26.3 Å². The van der Waals surface area contributed by atoms with Gasteiger partial charge in [-0.1, -0.05) is 6.07 Å². The summed E-state index contributed by atoms with van der Waals surface area (Å²) in [6, 6.07) is 5.83. The first-order chi connectivity index (χ1) is 9.83. The van der Waals surface area contributed by atoms with Gasteiger partial charge >= 0.3 is 0 Å². The van der Waals surface area contributed by atoms with Gasteiger partial charge in [0.25, 0.3) is 0 Å². The number of methoxy groups -OCH3 is 1. The molecule has 0 bridgehead atoms. The largest absolute Gasteiger partial charge is 0.495 e. The first-order valence-corrected chi connectivity index (χ1v) is 7.20. The van der Waals surface area contributed by atoms with Crippen LogP contribution < -0.4 is 10.1 Å². The van der Waals surface area contributed by atoms with Gasteiger partial charge in [-0.2, -0.15) is 0 Å². The number of benzene rings is 1. The molecule has 1 aromatic rings. The highest BCUT2D eigenvalue weighted by Crippen LogP contribution is 2.25. The van der Waals surface area contributed by atoms with Crippen LogP contribution in [-0.2, 0) is 4.79 Å². The smallest absolute Gasteiger partial charge is 0.238 e. The lowest BCUT2D eigenvalue weighted by Gasteiger charge is -2.27. The van der Waals surface area contributed by atoms with Crippen LogP contribution in [0.4, 0.5) is 5.69 Å². The number of nitrogens with one attached hydrogen (secondary N) is 1. The maximum absolute atomic E-state index is 12.2. The number of anilines is 1. The summed E-state index contributed by atoms with van der Waals surface area (Å²) in [6.07, 6.45) is -0.464. The number of hydrogen-bond acceptors (Lipinski definition) is 4. The Balaban J connectivity index is 2.74. The summed E-state index contributed by atoms with van der Waals surface area (Å²) in [5.41, 5.74) is 1.72. The fourth-order valence-corrected chi connectivity index (χ4v) is 2.09. The number of nitrogens with zero attached hydrogens (tertiary/aromatic N) is 1. The Morgan fingerprint density at radius 2 is 2.05 bits per heavy atom. The second-order valence-electron chi connectivity index (χ2n) is 5.62. The van der Waals surface area contributed by atoms with E-state index in [1.807, 2.05) is 43.9 Å². The van der Waals surface area contributed by atoms with E-state index in [4.69, 9.17) is 4.74 Å². The van der Waals surface area contributed by atoms with Gasteiger partial charge in [0.15, 0.2) is 0 Å². The van der Waals surface area contributed by atoms with Gasteiger partial charge in [0.1, 0.15) is 5.75 Å². The van der Waals surface area contributed by atoms with Gasteiger partial charge in [0.05, 0.1) is 25.4 Å². The van der Waals surface area contributed by atoms with Crippen LogP contribution >= 0.6 is 0 Å². The molecule has 5 heteroatoms. The number of aliphatic hydroxyl groups excluding tert-OH is 1. The SMILES string of the molecule is COc1ccc(C)cc1NC(=O)CN(CC(C)O)C(C)C. The average Bonchev–Trinajstić information content (AvgIpc) is 2.37. The second-order valence-corrected chi connectivity index (χ2v) is 5.62. The molecule has 0 aliphatic carbocycles. The standard InChI is InChI=1S/C16H26N2O3/c1-11(2)18(9-13(4)19)10-16(20)17-14-8-12(3)6-7-15(14)21-5/h6-8,11,13,19H,9-10H2,1-5H3,(H,17,20). The highest BCUT2D eigenvalue weighted by Gasteiger charge is 2.17. The van der Waals surface area contributed by atoms with Crippen molar-refractivity contribution in [3.8, 4) is 5.75 Å². The van der Waals surface area contributed by atoms with Crippen LogP contribution in [-0.4, -0.2) is 48.3 Å². The molecule has 0 saturated carbocycles. The Hall–Kier alpha value is -1.59. The van der Waals surface area contributed by atoms with Crippen LogP contribution in [0.3, 0.4) is 0 Å². The molecule has 1 rings (SSSR count). The number of carbonyl (C=O) groups excluding carboxylic acids is 1. The average molecular weight is 294 g/mol. The lowest BCUT2D eigenvalue weighted by molar-refractivity contribution is -0.118. The maximum Gasteiger partial charge on any atom is 0.238 e. The van der Waals surface area contributed by atoms with Crippen LogP contribution in [0.15, 0.2) is 18.2 Å². The van der Waals surface area contributed by atoms with Crippen molar-refractivity contribution >= 4 is 11.6 Å². The topological polar surface area (TPSA) is 61.8 Å². The molecule has 0 aliphatic heterocycles. The molecule has 21 heavy (non-hydrogen) atoms. The number of aliphatic hydroxyl groups is 1. The Kier molecular flexibility index (Phi) is 6.65. The van der Waals surface area contributed by atoms with Crippen LogP contribution in [0.25, 0.3) is 0 Å². The fourth-order valence-electron chi connectivity index (χ4n) is 2.09. The van der Waals surface area contributed by atoms with Crippen molar-refractivity contribution in [1.82, 2.24) is 4.90 Å². The Morgan fingerprint density at radius 1 is 1.38 bits per heavy atom. The molecule has 0 heterocycles. The predicted molar refractivity (Wildman–Crippen MR) is 84.8 cm³/mol. The van der Waals surface area contributed by atoms with E-state index in [2.05, 4.69) is 5.32 Å². The monoisotopic (exact) mass is 294 g/mol. The van der Waals surface area contributed by atoms with E-state index in [-0.39, 0.29) is 18.5 Å². The van der Waals surface area contributed by atoms with E-state index in [9.17, 15) is 9.90 Å². The molecule has 0 aliphatic rings. The van der Waals surface area contributed by atoms with Crippen molar-refractivity contribution in [2.45, 2.75) is 39.8 Å². The normalized spacial score (nSPS) is 12.6. The van der Waals surface area contributed by atoms with Crippen LogP contribution in [0, 0.1) is 6.92 Å². The Morgan fingerprint density at radius 3 is 2.57 bits per heavy atom. The van der Waals surface area contributed by atoms with Crippen molar-refractivity contribution in [3.63, 3.8) is 0 Å². The first kappa shape index (κ1) is 17.5. The number of carbonyl (C=O) groups is 1. The minimum Gasteiger partial charge on any atom is -0.495 e. The molecule has 118 valence electrons. The zero-order valence-corrected chi connectivity index (χ0v) is 13.5. The molecule has 0 radical (unpaired) electrons. The number of ether oxygens (including phenoxy) is 1. The molecule has 1 atom stereocenters. The summed E-state index contributed by atoms with van der Waals surface area (Å²) in [6.45, 7) is 8.39. The first-order valence-electron chi connectivity index (χ1n) is 7.20. The predicted octanol–water partition coefficient (Wildman–Crippen LogP) is 2.03. The molecule has 2 N–H and O–H groups in total. The second kappa shape index (κ2) is 8.00. The third kappa shape index (κ3) is 5.73. The third-order valence-corrected chi connectivity index (χ3v) is 3.20. The summed E-state index contributed by atoms with van der Waals surface area (Å²) in [5.74, 6) is 0.522. The zero-order chi connectivity index (χ0) is 16.0. The molecule has 5 nitrogen and oxygen atoms in total. The zero-order valence-electron chi connectivity index (χ0n) is 13.5. The van der Waals surface area contributed by atoms with E-state index in [1.54, 1.807) is 14.0 Å². The van der Waals surface area contributed by atoms with Gasteiger partial charge in [-0.25, -0.2) is 0 Å². The van der Waals surface area contributed by atoms with Crippen LogP contribution in [0.2, 0.25) is 0 Å². The summed E-state index contributed by atoms with van der Waals surface area (Å²) in [5, 5.41) is 12.4. The van der Waals surface area contributed by atoms with Crippen molar-refractivity contribution in [2.75, 3.05) is 25.5 Å². The van der Waals surface area contributed by atoms with Crippen LogP contribution in [0.5, 0.6) is 5.75 Å². The van der Waals surface area contributed by atoms with Gasteiger partial charge in [0, 0.05) is 12.6 Å². The molecule has 1 aromatic carbocycles. The summed E-state index contributed by atoms with van der Waals surface area (Å²) < 4.78 is 5.25. The molecule has 0 aromatic heterocycles. The third-order valence-electron chi connectivity index (χ3n) is 3.20. The molecule has 1 amide bonds. The fraction of sp³-hybridized carbons (Fsp3) is 0.562. The highest BCUT2D eigenvalue weighted by molar-refractivity contribution is 5.93. The maximum atomic E-state index is 12.2. The lowest BCUT2D eigenvalue weighted by atomic mass is 10.2. The van der Waals surface area contributed by atoms with Gasteiger partial charge in [-0.15, -0.1) is 0 Å². The van der Waals surface area contributed by atoms with Gasteiger partial charge in [-0.3, -0.25) is 9.69 Å². The van der Waals surface area contributed by atoms with Gasteiger partial charge in [0.2, 0.25) is 5.91 Å². The minimum atomic E-state index is -0.464. The molecular formula is C16H26N2O3. The van der Waals surface area contributed by atoms with E-state index in [0.29, 0.717) is 18.0 Å². The number of aryl methyl sites for hydroxylation is 1. The molecule has 0 spiro atoms. The molecule has 0 saturated heterocycles. The van der Waals surface area contributed by atoms with E-state index < -0.39 is 6.10 Å². The van der Waals surface area contributed by atoms with Gasteiger partial charge < -0.3 is 15.2 Å². The summed E-state index contributed by atoms with van der Waals surface area (Å²) >= 11 is 0. The van der Waals surface area contributed by atoms with Crippen molar-refractivity contribution < 1.29 is 14.6 Å². The van der Waals surface area contributed by atoms with Crippen molar-refractivity contribution in [3.05, 3.63) is 23.8 Å². The van der Waals surface area contributed by atoms with Crippen molar-refractivity contribution in [2.24, 2.45) is 0 Å². The van der Waals surface area contributed by atoms with E-state index in [1.165, 1.54) is 0 Å². The number of rotatable bonds is 7. The molecular weight excluding hydrogens is 268 g/mol. The molecule has 0 fully saturated rings. The molecule has 1 unspecified atom stereocenters. The van der Waals surface area contributed by atoms with E-state index >= 15 is 0 Å². The summed E-state index contributed by atoms with van der Waals surface area (Å²) in [4.78, 5) is 14.1. The lowest BCUT2D eigenvalue weighted by Crippen LogP contribution is -2.41. The van der Waals surface area contributed by atoms with Gasteiger partial charge in [-0.05, 0) is 45.4 Å². The Labute approximate surface area is 126 Å². The number of hydrogen-bond donors (Lipinski definition) is 2. The minimum absolute atomic E-state index is 0.117. The van der Waals surface area contributed by atoms with Crippen molar-refractivity contribution in [1.29, 1.82) is 0 Å². The van der Waals surface area contributed by atoms with E-state index in [0.717, 1.165) is 5.56 Å². The highest BCUT2D eigenvalue weighted by atomic mass is 16.5. The Bertz CT molecular complexity index is 473. The quantitative estimate of drug-likeness (QED) is 0.808. The summed E-state index contributed by atoms with van der Waals surface area (Å²) in [7, 11) is 1.58.